The summed E-state index contributed by atoms with van der Waals surface area (Å²) >= 11 is 0. The third-order valence-corrected chi connectivity index (χ3v) is 4.11. The molecule has 110 valence electrons. The first-order valence-corrected chi connectivity index (χ1v) is 6.87. The van der Waals surface area contributed by atoms with E-state index in [4.69, 9.17) is 4.74 Å². The second-order valence-electron chi connectivity index (χ2n) is 5.32. The molecule has 0 saturated carbocycles. The number of aromatic nitrogens is 1. The summed E-state index contributed by atoms with van der Waals surface area (Å²) in [6.07, 6.45) is -1.11. The van der Waals surface area contributed by atoms with Gasteiger partial charge >= 0.3 is 5.97 Å². The fourth-order valence-corrected chi connectivity index (χ4v) is 3.13. The Hall–Kier alpha value is -2.79. The van der Waals surface area contributed by atoms with Gasteiger partial charge in [0.1, 0.15) is 5.75 Å². The van der Waals surface area contributed by atoms with E-state index in [1.807, 2.05) is 35.9 Å². The number of aliphatic hydroxyl groups is 1. The standard InChI is InChI=1S/C17H13NO4/c1-18-12-7-6-9(16(19)20)8-11(12)14-15(18)10-4-2-3-5-13(10)22-17(14)21/h2-8,17,21H,1H3,(H,19,20). The number of ether oxygens (including phenoxy) is 1. The lowest BCUT2D eigenvalue weighted by molar-refractivity contribution is -0.0202. The maximum Gasteiger partial charge on any atom is 0.335 e. The molecule has 0 spiro atoms. The minimum absolute atomic E-state index is 0.187. The van der Waals surface area contributed by atoms with Crippen molar-refractivity contribution >= 4 is 16.9 Å². The Morgan fingerprint density at radius 3 is 2.77 bits per heavy atom. The van der Waals surface area contributed by atoms with E-state index in [-0.39, 0.29) is 5.56 Å². The molecule has 1 aromatic heterocycles. The van der Waals surface area contributed by atoms with E-state index < -0.39 is 12.3 Å². The van der Waals surface area contributed by atoms with Crippen LogP contribution in [0.15, 0.2) is 42.5 Å². The lowest BCUT2D eigenvalue weighted by Crippen LogP contribution is -2.13. The van der Waals surface area contributed by atoms with Gasteiger partial charge in [-0.05, 0) is 30.3 Å². The monoisotopic (exact) mass is 295 g/mol. The fourth-order valence-electron chi connectivity index (χ4n) is 3.13. The molecule has 2 aromatic carbocycles. The highest BCUT2D eigenvalue weighted by Crippen LogP contribution is 2.45. The molecule has 1 aliphatic rings. The Morgan fingerprint density at radius 1 is 1.23 bits per heavy atom. The number of benzene rings is 2. The molecule has 0 amide bonds. The van der Waals surface area contributed by atoms with Crippen LogP contribution in [0, 0.1) is 0 Å². The summed E-state index contributed by atoms with van der Waals surface area (Å²) in [6.45, 7) is 0. The largest absolute Gasteiger partial charge is 0.478 e. The van der Waals surface area contributed by atoms with Crippen molar-refractivity contribution in [3.05, 3.63) is 53.6 Å². The molecule has 1 unspecified atom stereocenters. The zero-order valence-corrected chi connectivity index (χ0v) is 11.8. The summed E-state index contributed by atoms with van der Waals surface area (Å²) in [5.74, 6) is -0.377. The van der Waals surface area contributed by atoms with Crippen LogP contribution in [0.1, 0.15) is 22.2 Å². The number of aryl methyl sites for hydroxylation is 1. The molecule has 2 N–H and O–H groups in total. The molecule has 4 rings (SSSR count). The third-order valence-electron chi connectivity index (χ3n) is 4.11. The molecule has 0 bridgehead atoms. The maximum atomic E-state index is 11.2. The number of aromatic carboxylic acids is 1. The van der Waals surface area contributed by atoms with E-state index in [0.29, 0.717) is 16.7 Å². The van der Waals surface area contributed by atoms with E-state index >= 15 is 0 Å². The summed E-state index contributed by atoms with van der Waals surface area (Å²) < 4.78 is 7.53. The van der Waals surface area contributed by atoms with Crippen LogP contribution in [0.2, 0.25) is 0 Å². The first-order chi connectivity index (χ1) is 10.6. The van der Waals surface area contributed by atoms with Gasteiger partial charge in [-0.3, -0.25) is 0 Å². The molecule has 1 atom stereocenters. The molecule has 2 heterocycles. The Morgan fingerprint density at radius 2 is 2.00 bits per heavy atom. The van der Waals surface area contributed by atoms with E-state index in [9.17, 15) is 15.0 Å². The highest BCUT2D eigenvalue weighted by atomic mass is 16.6. The SMILES string of the molecule is Cn1c2c(c3cc(C(=O)O)ccc31)C(O)Oc1ccccc1-2. The number of nitrogens with zero attached hydrogens (tertiary/aromatic N) is 1. The van der Waals surface area contributed by atoms with Crippen molar-refractivity contribution in [2.24, 2.45) is 7.05 Å². The zero-order valence-electron chi connectivity index (χ0n) is 11.8. The van der Waals surface area contributed by atoms with Crippen molar-refractivity contribution in [2.75, 3.05) is 0 Å². The van der Waals surface area contributed by atoms with E-state index in [1.165, 1.54) is 0 Å². The number of rotatable bonds is 1. The van der Waals surface area contributed by atoms with Crippen molar-refractivity contribution in [3.63, 3.8) is 0 Å². The molecular weight excluding hydrogens is 282 g/mol. The number of para-hydroxylation sites is 1. The molecule has 1 aliphatic heterocycles. The van der Waals surface area contributed by atoms with Crippen LogP contribution >= 0.6 is 0 Å². The lowest BCUT2D eigenvalue weighted by atomic mass is 10.0. The molecule has 0 fully saturated rings. The lowest BCUT2D eigenvalue weighted by Gasteiger charge is -2.23. The first kappa shape index (κ1) is 12.9. The molecule has 0 radical (unpaired) electrons. The summed E-state index contributed by atoms with van der Waals surface area (Å²) in [6, 6.07) is 12.4. The van der Waals surface area contributed by atoms with Crippen LogP contribution in [0.3, 0.4) is 0 Å². The normalized spacial score (nSPS) is 16.0. The minimum atomic E-state index is -1.11. The van der Waals surface area contributed by atoms with E-state index in [1.54, 1.807) is 18.2 Å². The number of aliphatic hydroxyl groups excluding tert-OH is 1. The Balaban J connectivity index is 2.12. The van der Waals surface area contributed by atoms with Crippen molar-refractivity contribution < 1.29 is 19.7 Å². The zero-order chi connectivity index (χ0) is 15.4. The minimum Gasteiger partial charge on any atom is -0.478 e. The third kappa shape index (κ3) is 1.60. The van der Waals surface area contributed by atoms with Crippen molar-refractivity contribution in [1.29, 1.82) is 0 Å². The number of carboxylic acid groups (broad SMARTS) is 1. The molecule has 3 aromatic rings. The van der Waals surface area contributed by atoms with Crippen molar-refractivity contribution in [3.8, 4) is 17.0 Å². The smallest absolute Gasteiger partial charge is 0.335 e. The van der Waals surface area contributed by atoms with Crippen LogP contribution in [0.5, 0.6) is 5.75 Å². The number of hydrogen-bond donors (Lipinski definition) is 2. The Labute approximate surface area is 126 Å². The highest BCUT2D eigenvalue weighted by Gasteiger charge is 2.30. The van der Waals surface area contributed by atoms with Gasteiger partial charge in [-0.2, -0.15) is 0 Å². The van der Waals surface area contributed by atoms with Crippen LogP contribution in [-0.4, -0.2) is 20.7 Å². The molecule has 0 aliphatic carbocycles. The average molecular weight is 295 g/mol. The van der Waals surface area contributed by atoms with Gasteiger partial charge in [0.25, 0.3) is 0 Å². The Bertz CT molecular complexity index is 926. The maximum absolute atomic E-state index is 11.2. The molecule has 5 heteroatoms. The van der Waals surface area contributed by atoms with E-state index in [2.05, 4.69) is 0 Å². The quantitative estimate of drug-likeness (QED) is 0.724. The number of carbonyl (C=O) groups is 1. The number of fused-ring (bicyclic) bond motifs is 5. The van der Waals surface area contributed by atoms with Gasteiger partial charge in [-0.1, -0.05) is 12.1 Å². The summed E-state index contributed by atoms with van der Waals surface area (Å²) in [7, 11) is 1.90. The van der Waals surface area contributed by atoms with Gasteiger partial charge in [0.15, 0.2) is 0 Å². The van der Waals surface area contributed by atoms with Gasteiger partial charge in [-0.15, -0.1) is 0 Å². The summed E-state index contributed by atoms with van der Waals surface area (Å²) in [5.41, 5.74) is 3.39. The van der Waals surface area contributed by atoms with Crippen LogP contribution in [-0.2, 0) is 7.05 Å². The van der Waals surface area contributed by atoms with Gasteiger partial charge in [-0.25, -0.2) is 4.79 Å². The first-order valence-electron chi connectivity index (χ1n) is 6.87. The topological polar surface area (TPSA) is 71.7 Å². The van der Waals surface area contributed by atoms with Crippen LogP contribution in [0.4, 0.5) is 0 Å². The Kier molecular flexibility index (Phi) is 2.55. The summed E-state index contributed by atoms with van der Waals surface area (Å²) in [4.78, 5) is 11.2. The number of hydrogen-bond acceptors (Lipinski definition) is 3. The molecule has 5 nitrogen and oxygen atoms in total. The molecular formula is C17H13NO4. The molecule has 22 heavy (non-hydrogen) atoms. The number of carboxylic acids is 1. The average Bonchev–Trinajstić information content (AvgIpc) is 2.81. The molecule has 0 saturated heterocycles. The highest BCUT2D eigenvalue weighted by molar-refractivity contribution is 5.99. The van der Waals surface area contributed by atoms with Crippen molar-refractivity contribution in [2.45, 2.75) is 6.29 Å². The van der Waals surface area contributed by atoms with Gasteiger partial charge in [0.2, 0.25) is 6.29 Å². The van der Waals surface area contributed by atoms with Gasteiger partial charge in [0, 0.05) is 23.5 Å². The predicted octanol–water partition coefficient (Wildman–Crippen LogP) is 2.93. The van der Waals surface area contributed by atoms with E-state index in [0.717, 1.165) is 16.8 Å². The second kappa shape index (κ2) is 4.35. The predicted molar refractivity (Wildman–Crippen MR) is 80.9 cm³/mol. The van der Waals surface area contributed by atoms with Crippen LogP contribution < -0.4 is 4.74 Å². The fraction of sp³-hybridized carbons (Fsp3) is 0.118. The van der Waals surface area contributed by atoms with Gasteiger partial charge < -0.3 is 19.5 Å². The van der Waals surface area contributed by atoms with Crippen molar-refractivity contribution in [1.82, 2.24) is 4.57 Å². The van der Waals surface area contributed by atoms with Gasteiger partial charge in [0.05, 0.1) is 16.8 Å². The second-order valence-corrected chi connectivity index (χ2v) is 5.32. The summed E-state index contributed by atoms with van der Waals surface area (Å²) in [5, 5.41) is 20.2. The van der Waals surface area contributed by atoms with Crippen LogP contribution in [0.25, 0.3) is 22.2 Å².